The SMILES string of the molecule is COC(=O)[C@@H](Cc1ccccc1)N1C(=O)c2ccc3c4c(ccc(c24)C1=O)C(=O)N([C@H](Cc1ccccc1)C(=O)OC)C3=O. The third kappa shape index (κ3) is 4.51. The van der Waals surface area contributed by atoms with Gasteiger partial charge in [0.05, 0.1) is 14.2 Å². The van der Waals surface area contributed by atoms with E-state index in [1.165, 1.54) is 38.5 Å². The lowest BCUT2D eigenvalue weighted by Gasteiger charge is -2.36. The fourth-order valence-corrected chi connectivity index (χ4v) is 5.98. The summed E-state index contributed by atoms with van der Waals surface area (Å²) in [6.45, 7) is 0. The number of amides is 4. The number of hydrogen-bond acceptors (Lipinski definition) is 8. The molecule has 10 nitrogen and oxygen atoms in total. The lowest BCUT2D eigenvalue weighted by molar-refractivity contribution is -0.146. The number of rotatable bonds is 8. The van der Waals surface area contributed by atoms with Crippen LogP contribution in [0.3, 0.4) is 0 Å². The first kappa shape index (κ1) is 28.5. The van der Waals surface area contributed by atoms with E-state index in [2.05, 4.69) is 0 Å². The van der Waals surface area contributed by atoms with Crippen LogP contribution in [0.5, 0.6) is 0 Å². The van der Waals surface area contributed by atoms with Crippen LogP contribution in [0.15, 0.2) is 84.9 Å². The Morgan fingerprint density at radius 2 is 0.818 bits per heavy atom. The van der Waals surface area contributed by atoms with Gasteiger partial charge in [0.15, 0.2) is 0 Å². The molecule has 6 rings (SSSR count). The summed E-state index contributed by atoms with van der Waals surface area (Å²) in [7, 11) is 2.36. The molecule has 4 aromatic carbocycles. The van der Waals surface area contributed by atoms with Gasteiger partial charge < -0.3 is 9.47 Å². The van der Waals surface area contributed by atoms with E-state index in [9.17, 15) is 28.8 Å². The van der Waals surface area contributed by atoms with Gasteiger partial charge in [0, 0.05) is 45.9 Å². The molecule has 220 valence electrons. The Hall–Kier alpha value is -5.64. The average molecular weight is 591 g/mol. The van der Waals surface area contributed by atoms with Gasteiger partial charge in [0.25, 0.3) is 23.6 Å². The van der Waals surface area contributed by atoms with Crippen molar-refractivity contribution in [3.05, 3.63) is 118 Å². The second-order valence-corrected chi connectivity index (χ2v) is 10.5. The predicted octanol–water partition coefficient (Wildman–Crippen LogP) is 3.60. The third-order valence-electron chi connectivity index (χ3n) is 8.07. The first-order chi connectivity index (χ1) is 21.3. The molecule has 44 heavy (non-hydrogen) atoms. The quantitative estimate of drug-likeness (QED) is 0.225. The molecule has 0 unspecified atom stereocenters. The van der Waals surface area contributed by atoms with Crippen molar-refractivity contribution < 1.29 is 38.2 Å². The molecule has 0 spiro atoms. The zero-order chi connectivity index (χ0) is 31.1. The second-order valence-electron chi connectivity index (χ2n) is 10.5. The van der Waals surface area contributed by atoms with Crippen LogP contribution in [-0.2, 0) is 31.9 Å². The molecule has 4 aromatic rings. The van der Waals surface area contributed by atoms with E-state index in [1.807, 2.05) is 12.1 Å². The fraction of sp³-hybridized carbons (Fsp3) is 0.176. The van der Waals surface area contributed by atoms with Crippen LogP contribution in [0.2, 0.25) is 0 Å². The van der Waals surface area contributed by atoms with Crippen LogP contribution < -0.4 is 0 Å². The third-order valence-corrected chi connectivity index (χ3v) is 8.07. The van der Waals surface area contributed by atoms with Crippen molar-refractivity contribution >= 4 is 46.3 Å². The van der Waals surface area contributed by atoms with Gasteiger partial charge in [-0.2, -0.15) is 0 Å². The van der Waals surface area contributed by atoms with Crippen LogP contribution in [-0.4, -0.2) is 71.7 Å². The van der Waals surface area contributed by atoms with Crippen LogP contribution in [0.1, 0.15) is 52.6 Å². The number of esters is 2. The summed E-state index contributed by atoms with van der Waals surface area (Å²) < 4.78 is 9.95. The van der Waals surface area contributed by atoms with E-state index in [-0.39, 0.29) is 45.9 Å². The summed E-state index contributed by atoms with van der Waals surface area (Å²) in [5.41, 5.74) is 1.67. The Bertz CT molecular complexity index is 1660. The largest absolute Gasteiger partial charge is 0.467 e. The molecule has 2 aliphatic heterocycles. The van der Waals surface area contributed by atoms with Gasteiger partial charge in [-0.15, -0.1) is 0 Å². The van der Waals surface area contributed by atoms with Gasteiger partial charge in [-0.05, 0) is 35.4 Å². The van der Waals surface area contributed by atoms with Crippen molar-refractivity contribution in [1.29, 1.82) is 0 Å². The molecule has 0 bridgehead atoms. The highest BCUT2D eigenvalue weighted by Gasteiger charge is 2.46. The van der Waals surface area contributed by atoms with Crippen molar-refractivity contribution in [2.24, 2.45) is 0 Å². The van der Waals surface area contributed by atoms with Gasteiger partial charge in [-0.1, -0.05) is 60.7 Å². The van der Waals surface area contributed by atoms with Gasteiger partial charge >= 0.3 is 11.9 Å². The van der Waals surface area contributed by atoms with Gasteiger partial charge in [-0.25, -0.2) is 9.59 Å². The number of carbonyl (C=O) groups is 6. The molecule has 0 N–H and O–H groups in total. The molecular weight excluding hydrogens is 564 g/mol. The van der Waals surface area contributed by atoms with Gasteiger partial charge in [0.2, 0.25) is 0 Å². The summed E-state index contributed by atoms with van der Waals surface area (Å²) in [4.78, 5) is 83.3. The van der Waals surface area contributed by atoms with Crippen molar-refractivity contribution in [3.8, 4) is 0 Å². The van der Waals surface area contributed by atoms with Crippen molar-refractivity contribution in [2.45, 2.75) is 24.9 Å². The minimum Gasteiger partial charge on any atom is -0.467 e. The Labute approximate surface area is 251 Å². The fourth-order valence-electron chi connectivity index (χ4n) is 5.98. The second kappa shape index (κ2) is 11.2. The number of nitrogens with zero attached hydrogens (tertiary/aromatic N) is 2. The number of hydrogen-bond donors (Lipinski definition) is 0. The number of carbonyl (C=O) groups excluding carboxylic acids is 6. The van der Waals surface area contributed by atoms with E-state index in [1.54, 1.807) is 48.5 Å². The maximum absolute atomic E-state index is 13.9. The molecule has 0 saturated carbocycles. The van der Waals surface area contributed by atoms with E-state index in [0.717, 1.165) is 9.80 Å². The van der Waals surface area contributed by atoms with Gasteiger partial charge in [0.1, 0.15) is 12.1 Å². The normalized spacial score (nSPS) is 15.3. The highest BCUT2D eigenvalue weighted by Crippen LogP contribution is 2.39. The summed E-state index contributed by atoms with van der Waals surface area (Å²) in [5.74, 6) is -4.55. The zero-order valence-electron chi connectivity index (χ0n) is 23.8. The Balaban J connectivity index is 1.44. The van der Waals surface area contributed by atoms with Crippen LogP contribution in [0.4, 0.5) is 0 Å². The van der Waals surface area contributed by atoms with Crippen LogP contribution >= 0.6 is 0 Å². The molecule has 2 heterocycles. The minimum atomic E-state index is -1.25. The van der Waals surface area contributed by atoms with Crippen molar-refractivity contribution in [3.63, 3.8) is 0 Å². The summed E-state index contributed by atoms with van der Waals surface area (Å²) >= 11 is 0. The molecule has 0 saturated heterocycles. The molecule has 2 atom stereocenters. The van der Waals surface area contributed by atoms with Crippen molar-refractivity contribution in [2.75, 3.05) is 14.2 Å². The number of methoxy groups -OCH3 is 2. The highest BCUT2D eigenvalue weighted by molar-refractivity contribution is 6.34. The number of imide groups is 2. The molecular formula is C34H26N2O8. The van der Waals surface area contributed by atoms with Crippen LogP contribution in [0.25, 0.3) is 10.8 Å². The molecule has 2 aliphatic rings. The molecule has 10 heteroatoms. The van der Waals surface area contributed by atoms with Crippen LogP contribution in [0, 0.1) is 0 Å². The first-order valence-corrected chi connectivity index (χ1v) is 13.9. The van der Waals surface area contributed by atoms with E-state index < -0.39 is 47.7 Å². The standard InChI is InChI=1S/C34H26N2O8/c1-43-33(41)25(17-19-9-5-3-6-10-19)35-29(37)21-13-15-23-28-24(16-14-22(27(21)28)30(35)38)32(40)36(31(23)39)26(34(42)44-2)18-20-11-7-4-8-12-20/h3-16,25-26H,17-18H2,1-2H3/t25-,26-/m1/s1. The number of benzene rings is 4. The summed E-state index contributed by atoms with van der Waals surface area (Å²) in [5, 5.41) is 0.294. The van der Waals surface area contributed by atoms with E-state index in [4.69, 9.17) is 9.47 Å². The average Bonchev–Trinajstić information content (AvgIpc) is 3.05. The Morgan fingerprint density at radius 3 is 1.09 bits per heavy atom. The molecule has 4 amide bonds. The summed E-state index contributed by atoms with van der Waals surface area (Å²) in [6.07, 6.45) is 0.0593. The first-order valence-electron chi connectivity index (χ1n) is 13.9. The predicted molar refractivity (Wildman–Crippen MR) is 157 cm³/mol. The Kier molecular flexibility index (Phi) is 7.26. The summed E-state index contributed by atoms with van der Waals surface area (Å²) in [6, 6.07) is 20.9. The zero-order valence-corrected chi connectivity index (χ0v) is 23.8. The lowest BCUT2D eigenvalue weighted by atomic mass is 9.84. The highest BCUT2D eigenvalue weighted by atomic mass is 16.5. The lowest BCUT2D eigenvalue weighted by Crippen LogP contribution is -2.53. The topological polar surface area (TPSA) is 127 Å². The van der Waals surface area contributed by atoms with Crippen molar-refractivity contribution in [1.82, 2.24) is 9.80 Å². The molecule has 0 fully saturated rings. The molecule has 0 aromatic heterocycles. The smallest absolute Gasteiger partial charge is 0.329 e. The Morgan fingerprint density at radius 1 is 0.523 bits per heavy atom. The van der Waals surface area contributed by atoms with E-state index >= 15 is 0 Å². The van der Waals surface area contributed by atoms with E-state index in [0.29, 0.717) is 11.1 Å². The van der Waals surface area contributed by atoms with Gasteiger partial charge in [-0.3, -0.25) is 29.0 Å². The monoisotopic (exact) mass is 590 g/mol. The minimum absolute atomic E-state index is 0.0297. The maximum Gasteiger partial charge on any atom is 0.329 e. The number of ether oxygens (including phenoxy) is 2. The molecule has 0 radical (unpaired) electrons. The maximum atomic E-state index is 13.9. The molecule has 0 aliphatic carbocycles.